The Bertz CT molecular complexity index is 934. The Morgan fingerprint density at radius 1 is 1.06 bits per heavy atom. The summed E-state index contributed by atoms with van der Waals surface area (Å²) < 4.78 is 19.2. The van der Waals surface area contributed by atoms with Gasteiger partial charge in [-0.15, -0.1) is 11.8 Å². The zero-order valence-corrected chi connectivity index (χ0v) is 21.1. The van der Waals surface area contributed by atoms with E-state index in [-0.39, 0.29) is 11.8 Å². The first-order valence-corrected chi connectivity index (χ1v) is 13.5. The van der Waals surface area contributed by atoms with Crippen LogP contribution in [0.25, 0.3) is 0 Å². The maximum atomic E-state index is 14.3. The first kappa shape index (κ1) is 25.0. The van der Waals surface area contributed by atoms with Gasteiger partial charge in [-0.05, 0) is 61.4 Å². The van der Waals surface area contributed by atoms with Crippen molar-refractivity contribution in [3.63, 3.8) is 0 Å². The van der Waals surface area contributed by atoms with Crippen molar-refractivity contribution in [2.45, 2.75) is 36.7 Å². The zero-order valence-electron chi connectivity index (χ0n) is 20.3. The first-order valence-electron chi connectivity index (χ1n) is 12.2. The molecular formula is C27H36FN3O2S. The molecule has 0 radical (unpaired) electrons. The van der Waals surface area contributed by atoms with Crippen LogP contribution in [-0.4, -0.2) is 74.4 Å². The zero-order chi connectivity index (χ0) is 23.9. The van der Waals surface area contributed by atoms with E-state index in [1.165, 1.54) is 23.6 Å². The average Bonchev–Trinajstić information content (AvgIpc) is 2.88. The van der Waals surface area contributed by atoms with Crippen LogP contribution in [0, 0.1) is 11.7 Å². The molecule has 2 aromatic carbocycles. The minimum atomic E-state index is -0.147. The molecule has 2 fully saturated rings. The minimum Gasteiger partial charge on any atom is -0.469 e. The molecule has 0 aromatic heterocycles. The molecule has 0 N–H and O–H groups in total. The molecule has 2 heterocycles. The Kier molecular flexibility index (Phi) is 8.86. The number of hydrogen-bond acceptors (Lipinski definition) is 6. The average molecular weight is 486 g/mol. The Balaban J connectivity index is 1.38. The van der Waals surface area contributed by atoms with Crippen molar-refractivity contribution in [2.75, 3.05) is 57.5 Å². The van der Waals surface area contributed by atoms with Crippen molar-refractivity contribution in [1.82, 2.24) is 9.80 Å². The van der Waals surface area contributed by atoms with Gasteiger partial charge in [0, 0.05) is 56.6 Å². The molecule has 0 unspecified atom stereocenters. The summed E-state index contributed by atoms with van der Waals surface area (Å²) in [6.07, 6.45) is 4.49. The minimum absolute atomic E-state index is 0.132. The van der Waals surface area contributed by atoms with Gasteiger partial charge in [-0.2, -0.15) is 0 Å². The van der Waals surface area contributed by atoms with Crippen LogP contribution in [-0.2, 0) is 16.1 Å². The molecular weight excluding hydrogens is 449 g/mol. The summed E-state index contributed by atoms with van der Waals surface area (Å²) >= 11 is 1.76. The molecule has 0 amide bonds. The highest BCUT2D eigenvalue weighted by Crippen LogP contribution is 2.30. The lowest BCUT2D eigenvalue weighted by Gasteiger charge is -2.47. The molecule has 2 aromatic rings. The molecule has 5 nitrogen and oxygen atoms in total. The Morgan fingerprint density at radius 2 is 1.79 bits per heavy atom. The summed E-state index contributed by atoms with van der Waals surface area (Å²) in [5, 5.41) is 0. The Labute approximate surface area is 207 Å². The van der Waals surface area contributed by atoms with Gasteiger partial charge >= 0.3 is 5.97 Å². The topological polar surface area (TPSA) is 36.0 Å². The van der Waals surface area contributed by atoms with E-state index in [1.807, 2.05) is 12.1 Å². The molecule has 34 heavy (non-hydrogen) atoms. The monoisotopic (exact) mass is 485 g/mol. The molecule has 2 atom stereocenters. The van der Waals surface area contributed by atoms with Gasteiger partial charge < -0.3 is 9.64 Å². The van der Waals surface area contributed by atoms with E-state index >= 15 is 0 Å². The number of likely N-dealkylation sites (tertiary alicyclic amines) is 1. The summed E-state index contributed by atoms with van der Waals surface area (Å²) in [4.78, 5) is 20.5. The highest BCUT2D eigenvalue weighted by atomic mass is 32.2. The predicted octanol–water partition coefficient (Wildman–Crippen LogP) is 4.51. The summed E-state index contributed by atoms with van der Waals surface area (Å²) in [5.74, 6) is 0.136. The summed E-state index contributed by atoms with van der Waals surface area (Å²) in [6, 6.07) is 16.3. The molecule has 0 bridgehead atoms. The van der Waals surface area contributed by atoms with E-state index < -0.39 is 0 Å². The Morgan fingerprint density at radius 3 is 2.47 bits per heavy atom. The van der Waals surface area contributed by atoms with Crippen LogP contribution in [0.3, 0.4) is 0 Å². The normalized spacial score (nSPS) is 22.0. The van der Waals surface area contributed by atoms with Gasteiger partial charge in [0.05, 0.1) is 12.8 Å². The third-order valence-corrected chi connectivity index (χ3v) is 8.01. The number of benzene rings is 2. The second-order valence-electron chi connectivity index (χ2n) is 9.29. The van der Waals surface area contributed by atoms with Crippen LogP contribution >= 0.6 is 11.8 Å². The fourth-order valence-electron chi connectivity index (χ4n) is 5.40. The lowest BCUT2D eigenvalue weighted by atomic mass is 9.86. The number of halogens is 1. The van der Waals surface area contributed by atoms with Gasteiger partial charge in [0.1, 0.15) is 5.82 Å². The molecule has 0 spiro atoms. The molecule has 4 rings (SSSR count). The molecule has 2 aliphatic rings. The number of piperidine rings is 1. The number of rotatable bonds is 8. The van der Waals surface area contributed by atoms with Crippen molar-refractivity contribution in [1.29, 1.82) is 0 Å². The van der Waals surface area contributed by atoms with Crippen LogP contribution in [0.4, 0.5) is 10.1 Å². The molecule has 7 heteroatoms. The van der Waals surface area contributed by atoms with Crippen LogP contribution in [0.5, 0.6) is 0 Å². The van der Waals surface area contributed by atoms with E-state index in [0.717, 1.165) is 58.7 Å². The number of carbonyl (C=O) groups is 1. The summed E-state index contributed by atoms with van der Waals surface area (Å²) in [7, 11) is 1.47. The number of thioether (sulfide) groups is 1. The number of piperazine rings is 1. The predicted molar refractivity (Wildman–Crippen MR) is 137 cm³/mol. The molecule has 184 valence electrons. The summed E-state index contributed by atoms with van der Waals surface area (Å²) in [6.45, 7) is 6.47. The molecule has 2 saturated heterocycles. The Hall–Kier alpha value is -2.09. The quantitative estimate of drug-likeness (QED) is 0.404. The van der Waals surface area contributed by atoms with Gasteiger partial charge in [-0.1, -0.05) is 24.3 Å². The highest BCUT2D eigenvalue weighted by Gasteiger charge is 2.35. The summed E-state index contributed by atoms with van der Waals surface area (Å²) in [5.41, 5.74) is 2.04. The number of ether oxygens (including phenoxy) is 1. The standard InChI is InChI=1S/C27H36FN3O2S/c1-33-27(32)12-9-22-20-29(19-21-7-10-23(34-2)11-8-21)14-13-25(22)30-15-17-31(18-16-30)26-6-4-3-5-24(26)28/h3-8,10-11,22,25H,9,12-20H2,1-2H3/t22-,25+/m1/s1. The van der Waals surface area contributed by atoms with Gasteiger partial charge in [-0.25, -0.2) is 4.39 Å². The second-order valence-corrected chi connectivity index (χ2v) is 10.2. The van der Waals surface area contributed by atoms with Crippen LogP contribution in [0.1, 0.15) is 24.8 Å². The van der Waals surface area contributed by atoms with Crippen molar-refractivity contribution >= 4 is 23.4 Å². The van der Waals surface area contributed by atoms with Crippen molar-refractivity contribution < 1.29 is 13.9 Å². The maximum Gasteiger partial charge on any atom is 0.305 e. The smallest absolute Gasteiger partial charge is 0.305 e. The van der Waals surface area contributed by atoms with E-state index in [9.17, 15) is 9.18 Å². The van der Waals surface area contributed by atoms with Crippen LogP contribution in [0.15, 0.2) is 53.4 Å². The third-order valence-electron chi connectivity index (χ3n) is 7.27. The number of anilines is 1. The largest absolute Gasteiger partial charge is 0.469 e. The van der Waals surface area contributed by atoms with Gasteiger partial charge in [-0.3, -0.25) is 14.6 Å². The van der Waals surface area contributed by atoms with Crippen molar-refractivity contribution in [2.24, 2.45) is 5.92 Å². The number of para-hydroxylation sites is 1. The van der Waals surface area contributed by atoms with E-state index in [4.69, 9.17) is 4.74 Å². The maximum absolute atomic E-state index is 14.3. The number of hydrogen-bond donors (Lipinski definition) is 0. The van der Waals surface area contributed by atoms with E-state index in [2.05, 4.69) is 45.2 Å². The molecule has 0 saturated carbocycles. The lowest BCUT2D eigenvalue weighted by Crippen LogP contribution is -2.56. The van der Waals surface area contributed by atoms with Crippen LogP contribution in [0.2, 0.25) is 0 Å². The van der Waals surface area contributed by atoms with Gasteiger partial charge in [0.15, 0.2) is 0 Å². The third kappa shape index (κ3) is 6.32. The van der Waals surface area contributed by atoms with Crippen LogP contribution < -0.4 is 4.90 Å². The number of methoxy groups -OCH3 is 1. The van der Waals surface area contributed by atoms with E-state index in [1.54, 1.807) is 17.8 Å². The van der Waals surface area contributed by atoms with Gasteiger partial charge in [0.2, 0.25) is 0 Å². The SMILES string of the molecule is COC(=O)CC[C@@H]1CN(Cc2ccc(SC)cc2)CC[C@@H]1N1CCN(c2ccccc2F)CC1. The molecule has 0 aliphatic carbocycles. The fraction of sp³-hybridized carbons (Fsp3) is 0.519. The highest BCUT2D eigenvalue weighted by molar-refractivity contribution is 7.98. The fourth-order valence-corrected chi connectivity index (χ4v) is 5.81. The van der Waals surface area contributed by atoms with Gasteiger partial charge in [0.25, 0.3) is 0 Å². The lowest BCUT2D eigenvalue weighted by molar-refractivity contribution is -0.141. The first-order chi connectivity index (χ1) is 16.6. The van der Waals surface area contributed by atoms with Crippen molar-refractivity contribution in [3.8, 4) is 0 Å². The molecule has 2 aliphatic heterocycles. The number of nitrogens with zero attached hydrogens (tertiary/aromatic N) is 3. The second kappa shape index (κ2) is 12.0. The van der Waals surface area contributed by atoms with E-state index in [0.29, 0.717) is 24.1 Å². The number of carbonyl (C=O) groups excluding carboxylic acids is 1. The van der Waals surface area contributed by atoms with Crippen molar-refractivity contribution in [3.05, 3.63) is 59.9 Å². The number of esters is 1.